The van der Waals surface area contributed by atoms with Crippen molar-refractivity contribution >= 4 is 15.4 Å². The van der Waals surface area contributed by atoms with Gasteiger partial charge >= 0.3 is 6.18 Å². The van der Waals surface area contributed by atoms with Gasteiger partial charge in [0, 0.05) is 36.0 Å². The van der Waals surface area contributed by atoms with Gasteiger partial charge in [0.15, 0.2) is 15.5 Å². The number of hydrogen-bond donors (Lipinski definition) is 1. The van der Waals surface area contributed by atoms with Crippen molar-refractivity contribution in [2.75, 3.05) is 6.26 Å². The van der Waals surface area contributed by atoms with Gasteiger partial charge < -0.3 is 5.32 Å². The lowest BCUT2D eigenvalue weighted by Crippen LogP contribution is -2.21. The summed E-state index contributed by atoms with van der Waals surface area (Å²) in [5.74, 6) is 0.111. The Morgan fingerprint density at radius 2 is 1.85 bits per heavy atom. The molecule has 1 atom stereocenters. The smallest absolute Gasteiger partial charge is 0.384 e. The maximum Gasteiger partial charge on any atom is 0.434 e. The SMILES string of the molecule is CC1C=CC(c2nc(C(F)(F)F)cn2-c2ccc(S(C)(=O)=O)cc2)=CN1. The second kappa shape index (κ2) is 6.31. The Hall–Kier alpha value is -2.55. The first-order chi connectivity index (χ1) is 12.1. The van der Waals surface area contributed by atoms with Crippen molar-refractivity contribution in [3.05, 3.63) is 60.3 Å². The predicted octanol–water partition coefficient (Wildman–Crippen LogP) is 3.18. The van der Waals surface area contributed by atoms with Crippen LogP contribution in [0.1, 0.15) is 18.4 Å². The first-order valence-corrected chi connectivity index (χ1v) is 9.57. The van der Waals surface area contributed by atoms with Crippen LogP contribution in [0.4, 0.5) is 13.2 Å². The highest BCUT2D eigenvalue weighted by Crippen LogP contribution is 2.32. The Bertz CT molecular complexity index is 987. The van der Waals surface area contributed by atoms with Gasteiger partial charge in [-0.15, -0.1) is 0 Å². The number of allylic oxidation sites excluding steroid dienone is 2. The molecule has 0 bridgehead atoms. The molecule has 2 heterocycles. The second-order valence-corrected chi connectivity index (χ2v) is 8.01. The third kappa shape index (κ3) is 3.67. The highest BCUT2D eigenvalue weighted by Gasteiger charge is 2.35. The molecule has 1 aromatic carbocycles. The number of rotatable bonds is 3. The van der Waals surface area contributed by atoms with Gasteiger partial charge in [-0.05, 0) is 31.2 Å². The van der Waals surface area contributed by atoms with Crippen LogP contribution in [-0.2, 0) is 16.0 Å². The number of nitrogens with zero attached hydrogens (tertiary/aromatic N) is 2. The topological polar surface area (TPSA) is 64.0 Å². The fourth-order valence-electron chi connectivity index (χ4n) is 2.48. The third-order valence-corrected chi connectivity index (χ3v) is 4.99. The van der Waals surface area contributed by atoms with Crippen molar-refractivity contribution in [3.63, 3.8) is 0 Å². The van der Waals surface area contributed by atoms with E-state index in [0.717, 1.165) is 12.5 Å². The summed E-state index contributed by atoms with van der Waals surface area (Å²) in [5, 5.41) is 3.02. The van der Waals surface area contributed by atoms with Crippen molar-refractivity contribution in [3.8, 4) is 5.69 Å². The lowest BCUT2D eigenvalue weighted by molar-refractivity contribution is -0.140. The molecule has 138 valence electrons. The average molecular weight is 383 g/mol. The minimum Gasteiger partial charge on any atom is -0.384 e. The summed E-state index contributed by atoms with van der Waals surface area (Å²) in [6, 6.07) is 5.67. The number of dihydropyridines is 1. The van der Waals surface area contributed by atoms with Crippen LogP contribution in [0, 0.1) is 0 Å². The van der Waals surface area contributed by atoms with Gasteiger partial charge in [0.05, 0.1) is 4.90 Å². The van der Waals surface area contributed by atoms with E-state index in [-0.39, 0.29) is 16.8 Å². The number of nitrogens with one attached hydrogen (secondary N) is 1. The van der Waals surface area contributed by atoms with E-state index in [0.29, 0.717) is 11.3 Å². The minimum atomic E-state index is -4.59. The Balaban J connectivity index is 2.11. The molecule has 0 aliphatic carbocycles. The summed E-state index contributed by atoms with van der Waals surface area (Å²) in [5.41, 5.74) is -0.151. The van der Waals surface area contributed by atoms with E-state index in [1.165, 1.54) is 28.8 Å². The summed E-state index contributed by atoms with van der Waals surface area (Å²) >= 11 is 0. The normalized spacial score (nSPS) is 17.7. The van der Waals surface area contributed by atoms with E-state index in [1.54, 1.807) is 12.3 Å². The summed E-state index contributed by atoms with van der Waals surface area (Å²) in [7, 11) is -3.39. The van der Waals surface area contributed by atoms with Crippen LogP contribution < -0.4 is 5.32 Å². The van der Waals surface area contributed by atoms with E-state index < -0.39 is 21.7 Å². The fourth-order valence-corrected chi connectivity index (χ4v) is 3.11. The Morgan fingerprint density at radius 1 is 1.19 bits per heavy atom. The molecule has 1 aliphatic heterocycles. The lowest BCUT2D eigenvalue weighted by atomic mass is 10.1. The number of imidazole rings is 1. The van der Waals surface area contributed by atoms with Crippen molar-refractivity contribution in [1.29, 1.82) is 0 Å². The molecule has 3 rings (SSSR count). The van der Waals surface area contributed by atoms with Gasteiger partial charge in [-0.3, -0.25) is 4.57 Å². The maximum atomic E-state index is 13.1. The molecule has 0 saturated carbocycles. The molecular formula is C17H16F3N3O2S. The molecule has 1 N–H and O–H groups in total. The highest BCUT2D eigenvalue weighted by molar-refractivity contribution is 7.90. The lowest BCUT2D eigenvalue weighted by Gasteiger charge is -2.15. The first-order valence-electron chi connectivity index (χ1n) is 7.67. The standard InChI is InChI=1S/C17H16F3N3O2S/c1-11-3-4-12(9-21-11)16-22-15(17(18,19)20)10-23(16)13-5-7-14(8-6-13)26(2,24)25/h3-11,21H,1-2H3. The van der Waals surface area contributed by atoms with E-state index in [9.17, 15) is 21.6 Å². The second-order valence-electron chi connectivity index (χ2n) is 6.00. The van der Waals surface area contributed by atoms with Gasteiger partial charge in [-0.25, -0.2) is 13.4 Å². The molecule has 0 amide bonds. The molecule has 2 aromatic rings. The van der Waals surface area contributed by atoms with Crippen LogP contribution in [0.2, 0.25) is 0 Å². The first kappa shape index (κ1) is 18.2. The number of alkyl halides is 3. The Labute approximate surface area is 148 Å². The fraction of sp³-hybridized carbons (Fsp3) is 0.235. The molecule has 5 nitrogen and oxygen atoms in total. The van der Waals surface area contributed by atoms with E-state index in [4.69, 9.17) is 0 Å². The molecule has 1 aliphatic rings. The number of hydrogen-bond acceptors (Lipinski definition) is 4. The zero-order valence-corrected chi connectivity index (χ0v) is 14.8. The van der Waals surface area contributed by atoms with Crippen LogP contribution in [-0.4, -0.2) is 30.3 Å². The molecule has 0 radical (unpaired) electrons. The largest absolute Gasteiger partial charge is 0.434 e. The van der Waals surface area contributed by atoms with Gasteiger partial charge in [-0.2, -0.15) is 13.2 Å². The third-order valence-electron chi connectivity index (χ3n) is 3.86. The van der Waals surface area contributed by atoms with Gasteiger partial charge in [-0.1, -0.05) is 12.2 Å². The zero-order chi connectivity index (χ0) is 19.1. The van der Waals surface area contributed by atoms with Gasteiger partial charge in [0.1, 0.15) is 5.82 Å². The number of sulfone groups is 1. The van der Waals surface area contributed by atoms with Gasteiger partial charge in [0.25, 0.3) is 0 Å². The van der Waals surface area contributed by atoms with Crippen molar-refractivity contribution < 1.29 is 21.6 Å². The minimum absolute atomic E-state index is 0.0679. The van der Waals surface area contributed by atoms with Crippen LogP contribution in [0.25, 0.3) is 11.3 Å². The van der Waals surface area contributed by atoms with Crippen LogP contribution in [0.5, 0.6) is 0 Å². The van der Waals surface area contributed by atoms with Crippen LogP contribution in [0.3, 0.4) is 0 Å². The molecule has 0 fully saturated rings. The average Bonchev–Trinajstić information content (AvgIpc) is 3.00. The number of aromatic nitrogens is 2. The quantitative estimate of drug-likeness (QED) is 0.884. The van der Waals surface area contributed by atoms with E-state index >= 15 is 0 Å². The van der Waals surface area contributed by atoms with Crippen molar-refractivity contribution in [2.45, 2.75) is 24.0 Å². The van der Waals surface area contributed by atoms with Crippen LogP contribution in [0.15, 0.2) is 53.7 Å². The Kier molecular flexibility index (Phi) is 4.43. The highest BCUT2D eigenvalue weighted by atomic mass is 32.2. The van der Waals surface area contributed by atoms with Gasteiger partial charge in [0.2, 0.25) is 0 Å². The number of halogens is 3. The summed E-state index contributed by atoms with van der Waals surface area (Å²) in [6.45, 7) is 1.90. The van der Waals surface area contributed by atoms with Crippen molar-refractivity contribution in [2.24, 2.45) is 0 Å². The zero-order valence-electron chi connectivity index (χ0n) is 13.9. The summed E-state index contributed by atoms with van der Waals surface area (Å²) in [6.07, 6.45) is 2.49. The Morgan fingerprint density at radius 3 is 2.35 bits per heavy atom. The predicted molar refractivity (Wildman–Crippen MR) is 91.4 cm³/mol. The molecule has 26 heavy (non-hydrogen) atoms. The molecule has 0 spiro atoms. The van der Waals surface area contributed by atoms with Crippen LogP contribution >= 0.6 is 0 Å². The number of benzene rings is 1. The monoisotopic (exact) mass is 383 g/mol. The molecule has 9 heteroatoms. The maximum absolute atomic E-state index is 13.1. The molecule has 1 unspecified atom stereocenters. The molecule has 1 aromatic heterocycles. The van der Waals surface area contributed by atoms with E-state index in [1.807, 2.05) is 13.0 Å². The summed E-state index contributed by atoms with van der Waals surface area (Å²) < 4.78 is 63.8. The molecular weight excluding hydrogens is 367 g/mol. The van der Waals surface area contributed by atoms with Crippen molar-refractivity contribution in [1.82, 2.24) is 14.9 Å². The summed E-state index contributed by atoms with van der Waals surface area (Å²) in [4.78, 5) is 3.83. The molecule has 0 saturated heterocycles. The van der Waals surface area contributed by atoms with E-state index in [2.05, 4.69) is 10.3 Å².